The van der Waals surface area contributed by atoms with Gasteiger partial charge in [0.15, 0.2) is 5.65 Å². The van der Waals surface area contributed by atoms with Crippen molar-refractivity contribution in [3.05, 3.63) is 44.9 Å². The van der Waals surface area contributed by atoms with Crippen LogP contribution in [0.4, 0.5) is 0 Å². The van der Waals surface area contributed by atoms with Gasteiger partial charge in [-0.25, -0.2) is 4.98 Å². The summed E-state index contributed by atoms with van der Waals surface area (Å²) < 4.78 is 0. The number of nitrogens with zero attached hydrogens (tertiary/aromatic N) is 2. The van der Waals surface area contributed by atoms with E-state index < -0.39 is 0 Å². The third-order valence-electron chi connectivity index (χ3n) is 3.82. The van der Waals surface area contributed by atoms with Crippen LogP contribution in [0.1, 0.15) is 39.5 Å². The zero-order valence-electron chi connectivity index (χ0n) is 12.8. The molecule has 0 amide bonds. The number of hydrogen-bond donors (Lipinski definition) is 2. The minimum Gasteiger partial charge on any atom is -0.306 e. The summed E-state index contributed by atoms with van der Waals surface area (Å²) in [5.41, 5.74) is 4.43. The number of aromatic nitrogens is 3. The number of hydrogen-bond acceptors (Lipinski definition) is 4. The van der Waals surface area contributed by atoms with Gasteiger partial charge >= 0.3 is 0 Å². The first-order valence-electron chi connectivity index (χ1n) is 7.14. The van der Waals surface area contributed by atoms with Crippen LogP contribution in [0.3, 0.4) is 0 Å². The molecule has 0 radical (unpaired) electrons. The second-order valence-electron chi connectivity index (χ2n) is 5.53. The summed E-state index contributed by atoms with van der Waals surface area (Å²) in [4.78, 5) is 7.16. The molecule has 1 unspecified atom stereocenters. The molecule has 0 aliphatic heterocycles. The number of pyridine rings is 1. The monoisotopic (exact) mass is 300 g/mol. The van der Waals surface area contributed by atoms with Crippen molar-refractivity contribution in [1.29, 1.82) is 0 Å². The van der Waals surface area contributed by atoms with Crippen LogP contribution in [-0.4, -0.2) is 15.2 Å². The van der Waals surface area contributed by atoms with Crippen LogP contribution >= 0.6 is 11.3 Å². The Labute approximate surface area is 128 Å². The maximum Gasteiger partial charge on any atom is 0.181 e. The van der Waals surface area contributed by atoms with Gasteiger partial charge in [-0.15, -0.1) is 11.3 Å². The number of thiophene rings is 1. The molecule has 3 aromatic heterocycles. The van der Waals surface area contributed by atoms with E-state index in [0.717, 1.165) is 23.3 Å². The van der Waals surface area contributed by atoms with Gasteiger partial charge < -0.3 is 5.32 Å². The molecular formula is C16H20N4S. The molecule has 2 N–H and O–H groups in total. The molecular weight excluding hydrogens is 280 g/mol. The predicted molar refractivity (Wildman–Crippen MR) is 87.7 cm³/mol. The van der Waals surface area contributed by atoms with E-state index in [9.17, 15) is 0 Å². The minimum atomic E-state index is 0.344. The number of H-pyrrole nitrogens is 1. The normalized spacial score (nSPS) is 13.0. The van der Waals surface area contributed by atoms with Gasteiger partial charge in [0.2, 0.25) is 0 Å². The smallest absolute Gasteiger partial charge is 0.181 e. The van der Waals surface area contributed by atoms with Gasteiger partial charge in [-0.1, -0.05) is 0 Å². The number of aromatic amines is 1. The van der Waals surface area contributed by atoms with Crippen LogP contribution in [0.25, 0.3) is 11.0 Å². The SMILES string of the molecule is Cc1cc(C(C)NCc2cnc3n[nH]c(C)c3c2)c(C)s1. The second-order valence-corrected chi connectivity index (χ2v) is 6.99. The standard InChI is InChI=1S/C16H20N4S/c1-9-5-14(12(4)21-9)10(2)17-7-13-6-15-11(3)19-20-16(15)18-8-13/h5-6,8,10,17H,7H2,1-4H3,(H,18,19,20). The lowest BCUT2D eigenvalue weighted by Crippen LogP contribution is -2.18. The van der Waals surface area contributed by atoms with Crippen molar-refractivity contribution in [1.82, 2.24) is 20.5 Å². The van der Waals surface area contributed by atoms with Crippen molar-refractivity contribution >= 4 is 22.4 Å². The Bertz CT molecular complexity index is 772. The lowest BCUT2D eigenvalue weighted by atomic mass is 10.1. The highest BCUT2D eigenvalue weighted by Gasteiger charge is 2.11. The Balaban J connectivity index is 1.73. The van der Waals surface area contributed by atoms with Crippen molar-refractivity contribution in [2.45, 2.75) is 40.3 Å². The summed E-state index contributed by atoms with van der Waals surface area (Å²) in [6.07, 6.45) is 1.90. The molecule has 0 bridgehead atoms. The van der Waals surface area contributed by atoms with E-state index in [1.807, 2.05) is 24.5 Å². The molecule has 4 nitrogen and oxygen atoms in total. The summed E-state index contributed by atoms with van der Waals surface area (Å²) in [7, 11) is 0. The van der Waals surface area contributed by atoms with Gasteiger partial charge in [-0.2, -0.15) is 5.10 Å². The fraction of sp³-hybridized carbons (Fsp3) is 0.375. The molecule has 5 heteroatoms. The Morgan fingerprint density at radius 2 is 2.10 bits per heavy atom. The molecule has 0 aliphatic carbocycles. The molecule has 3 aromatic rings. The van der Waals surface area contributed by atoms with Gasteiger partial charge in [0.1, 0.15) is 0 Å². The fourth-order valence-corrected chi connectivity index (χ4v) is 3.64. The number of rotatable bonds is 4. The third-order valence-corrected chi connectivity index (χ3v) is 4.80. The van der Waals surface area contributed by atoms with E-state index >= 15 is 0 Å². The van der Waals surface area contributed by atoms with Crippen molar-refractivity contribution in [3.63, 3.8) is 0 Å². The van der Waals surface area contributed by atoms with E-state index in [4.69, 9.17) is 0 Å². The fourth-order valence-electron chi connectivity index (χ4n) is 2.62. The topological polar surface area (TPSA) is 53.6 Å². The third kappa shape index (κ3) is 2.84. The van der Waals surface area contributed by atoms with Crippen LogP contribution in [0.15, 0.2) is 18.3 Å². The summed E-state index contributed by atoms with van der Waals surface area (Å²) in [6, 6.07) is 4.78. The van der Waals surface area contributed by atoms with Gasteiger partial charge in [0.05, 0.1) is 0 Å². The Hall–Kier alpha value is -1.72. The van der Waals surface area contributed by atoms with E-state index in [1.165, 1.54) is 20.9 Å². The molecule has 0 saturated heterocycles. The first kappa shape index (κ1) is 14.2. The van der Waals surface area contributed by atoms with Gasteiger partial charge in [-0.05, 0) is 51.0 Å². The quantitative estimate of drug-likeness (QED) is 0.770. The molecule has 0 spiro atoms. The Morgan fingerprint density at radius 1 is 1.29 bits per heavy atom. The molecule has 0 aliphatic rings. The molecule has 1 atom stereocenters. The van der Waals surface area contributed by atoms with Crippen molar-refractivity contribution in [2.24, 2.45) is 0 Å². The van der Waals surface area contributed by atoms with Crippen LogP contribution in [-0.2, 0) is 6.54 Å². The summed E-state index contributed by atoms with van der Waals surface area (Å²) >= 11 is 1.86. The number of aryl methyl sites for hydroxylation is 3. The van der Waals surface area contributed by atoms with E-state index in [2.05, 4.69) is 53.4 Å². The lowest BCUT2D eigenvalue weighted by molar-refractivity contribution is 0.573. The number of fused-ring (bicyclic) bond motifs is 1. The van der Waals surface area contributed by atoms with Gasteiger partial charge in [0.25, 0.3) is 0 Å². The van der Waals surface area contributed by atoms with Crippen LogP contribution in [0.2, 0.25) is 0 Å². The molecule has 3 heterocycles. The average molecular weight is 300 g/mol. The van der Waals surface area contributed by atoms with Gasteiger partial charge in [-0.3, -0.25) is 5.10 Å². The molecule has 0 saturated carbocycles. The Kier molecular flexibility index (Phi) is 3.78. The molecule has 21 heavy (non-hydrogen) atoms. The van der Waals surface area contributed by atoms with Crippen molar-refractivity contribution in [3.8, 4) is 0 Å². The minimum absolute atomic E-state index is 0.344. The second kappa shape index (κ2) is 5.58. The molecule has 3 rings (SSSR count). The zero-order valence-corrected chi connectivity index (χ0v) is 13.6. The Morgan fingerprint density at radius 3 is 2.81 bits per heavy atom. The maximum absolute atomic E-state index is 4.39. The lowest BCUT2D eigenvalue weighted by Gasteiger charge is -2.13. The summed E-state index contributed by atoms with van der Waals surface area (Å²) in [5, 5.41) is 11.8. The largest absolute Gasteiger partial charge is 0.306 e. The number of nitrogens with one attached hydrogen (secondary N) is 2. The molecule has 110 valence electrons. The first-order chi connectivity index (χ1) is 10.0. The van der Waals surface area contributed by atoms with Crippen LogP contribution < -0.4 is 5.32 Å². The highest BCUT2D eigenvalue weighted by atomic mass is 32.1. The van der Waals surface area contributed by atoms with E-state index in [-0.39, 0.29) is 0 Å². The zero-order chi connectivity index (χ0) is 15.0. The van der Waals surface area contributed by atoms with Crippen molar-refractivity contribution in [2.75, 3.05) is 0 Å². The highest BCUT2D eigenvalue weighted by molar-refractivity contribution is 7.12. The van der Waals surface area contributed by atoms with Gasteiger partial charge in [0, 0.05) is 39.6 Å². The summed E-state index contributed by atoms with van der Waals surface area (Å²) in [5.74, 6) is 0. The van der Waals surface area contributed by atoms with Crippen molar-refractivity contribution < 1.29 is 0 Å². The first-order valence-corrected chi connectivity index (χ1v) is 7.96. The van der Waals surface area contributed by atoms with Crippen LogP contribution in [0.5, 0.6) is 0 Å². The molecule has 0 fully saturated rings. The predicted octanol–water partition coefficient (Wildman–Crippen LogP) is 3.80. The van der Waals surface area contributed by atoms with E-state index in [1.54, 1.807) is 0 Å². The molecule has 0 aromatic carbocycles. The maximum atomic E-state index is 4.39. The summed E-state index contributed by atoms with van der Waals surface area (Å²) in [6.45, 7) is 9.39. The highest BCUT2D eigenvalue weighted by Crippen LogP contribution is 2.26. The average Bonchev–Trinajstić information content (AvgIpc) is 2.99. The van der Waals surface area contributed by atoms with Crippen LogP contribution in [0, 0.1) is 20.8 Å². The van der Waals surface area contributed by atoms with E-state index in [0.29, 0.717) is 6.04 Å².